The molecule has 0 unspecified atom stereocenters. The van der Waals surface area contributed by atoms with Crippen LogP contribution in [0.5, 0.6) is 0 Å². The molecule has 0 radical (unpaired) electrons. The summed E-state index contributed by atoms with van der Waals surface area (Å²) in [5, 5.41) is 0. The average molecular weight is 331 g/mol. The Kier molecular flexibility index (Phi) is 3.46. The highest BCUT2D eigenvalue weighted by Crippen LogP contribution is 2.47. The molecule has 4 nitrogen and oxygen atoms in total. The topological polar surface area (TPSA) is 54.5 Å². The molecule has 5 heteroatoms. The van der Waals surface area contributed by atoms with Crippen molar-refractivity contribution in [2.45, 2.75) is 50.0 Å². The van der Waals surface area contributed by atoms with Crippen LogP contribution in [-0.4, -0.2) is 31.1 Å². The summed E-state index contributed by atoms with van der Waals surface area (Å²) in [6.45, 7) is 2.46. The summed E-state index contributed by atoms with van der Waals surface area (Å²) in [7, 11) is -3.51. The summed E-state index contributed by atoms with van der Waals surface area (Å²) in [5.41, 5.74) is 3.13. The lowest BCUT2D eigenvalue weighted by atomic mass is 10.0. The number of hydrogen-bond acceptors (Lipinski definition) is 3. The maximum Gasteiger partial charge on any atom is 0.243 e. The predicted octanol–water partition coefficient (Wildman–Crippen LogP) is 2.83. The van der Waals surface area contributed by atoms with Gasteiger partial charge in [-0.05, 0) is 61.8 Å². The molecule has 2 atom stereocenters. The number of hydrogen-bond donors (Lipinski definition) is 0. The van der Waals surface area contributed by atoms with Gasteiger partial charge in [0.2, 0.25) is 10.0 Å². The largest absolute Gasteiger partial charge is 0.295 e. The van der Waals surface area contributed by atoms with Crippen LogP contribution in [0.4, 0.5) is 0 Å². The molecule has 0 spiro atoms. The van der Waals surface area contributed by atoms with Crippen molar-refractivity contribution in [3.05, 3.63) is 41.0 Å². The third-order valence-corrected chi connectivity index (χ3v) is 7.41. The first-order chi connectivity index (χ1) is 11.0. The van der Waals surface area contributed by atoms with E-state index < -0.39 is 10.0 Å². The number of benzene rings is 1. The van der Waals surface area contributed by atoms with Crippen LogP contribution in [0.25, 0.3) is 0 Å². The van der Waals surface area contributed by atoms with Gasteiger partial charge in [0.15, 0.2) is 5.78 Å². The quantitative estimate of drug-likeness (QED) is 0.837. The predicted molar refractivity (Wildman–Crippen MR) is 87.5 cm³/mol. The number of rotatable bonds is 2. The second-order valence-electron chi connectivity index (χ2n) is 6.88. The first-order valence-electron chi connectivity index (χ1n) is 8.33. The van der Waals surface area contributed by atoms with Gasteiger partial charge in [-0.15, -0.1) is 0 Å². The minimum atomic E-state index is -3.51. The number of carbonyl (C=O) groups is 1. The Morgan fingerprint density at radius 2 is 1.87 bits per heavy atom. The molecule has 3 aliphatic rings. The van der Waals surface area contributed by atoms with E-state index in [1.54, 1.807) is 16.4 Å². The standard InChI is InChI=1S/C18H21NO3S/c1-12-4-7-14(8-5-12)23(21,22)19-10-2-3-15-17(20)11-13-6-9-16(19)18(13)15/h4-5,7-8,13,16H,2-3,6,9-11H2,1H3/t13-,16-/m0/s1. The summed E-state index contributed by atoms with van der Waals surface area (Å²) in [6, 6.07) is 6.96. The van der Waals surface area contributed by atoms with E-state index in [0.717, 1.165) is 42.4 Å². The van der Waals surface area contributed by atoms with Crippen LogP contribution >= 0.6 is 0 Å². The molecule has 1 fully saturated rings. The van der Waals surface area contributed by atoms with E-state index in [2.05, 4.69) is 0 Å². The number of nitrogens with zero attached hydrogens (tertiary/aromatic N) is 1. The third-order valence-electron chi connectivity index (χ3n) is 5.48. The summed E-state index contributed by atoms with van der Waals surface area (Å²) >= 11 is 0. The monoisotopic (exact) mass is 331 g/mol. The molecule has 0 aromatic heterocycles. The number of Topliss-reactive ketones (excluding diaryl/α,β-unsaturated/α-hetero) is 1. The Hall–Kier alpha value is -1.46. The van der Waals surface area contributed by atoms with E-state index >= 15 is 0 Å². The molecular weight excluding hydrogens is 310 g/mol. The number of ketones is 1. The molecule has 4 rings (SSSR count). The average Bonchev–Trinajstić information content (AvgIpc) is 2.95. The second-order valence-corrected chi connectivity index (χ2v) is 8.77. The maximum absolute atomic E-state index is 13.1. The molecule has 1 aromatic rings. The molecule has 23 heavy (non-hydrogen) atoms. The molecule has 0 N–H and O–H groups in total. The minimum Gasteiger partial charge on any atom is -0.295 e. The van der Waals surface area contributed by atoms with Crippen LogP contribution in [0.1, 0.15) is 37.7 Å². The van der Waals surface area contributed by atoms with Gasteiger partial charge in [0.05, 0.1) is 4.90 Å². The molecule has 1 aliphatic heterocycles. The van der Waals surface area contributed by atoms with Crippen LogP contribution in [0.3, 0.4) is 0 Å². The van der Waals surface area contributed by atoms with Crippen molar-refractivity contribution in [1.29, 1.82) is 0 Å². The number of aryl methyl sites for hydroxylation is 1. The fraction of sp³-hybridized carbons (Fsp3) is 0.500. The lowest BCUT2D eigenvalue weighted by molar-refractivity contribution is -0.115. The van der Waals surface area contributed by atoms with E-state index in [4.69, 9.17) is 0 Å². The van der Waals surface area contributed by atoms with E-state index in [-0.39, 0.29) is 17.7 Å². The number of allylic oxidation sites excluding steroid dienone is 1. The summed E-state index contributed by atoms with van der Waals surface area (Å²) in [4.78, 5) is 12.6. The maximum atomic E-state index is 13.1. The first-order valence-corrected chi connectivity index (χ1v) is 9.77. The molecular formula is C18H21NO3S. The van der Waals surface area contributed by atoms with Gasteiger partial charge < -0.3 is 0 Å². The lowest BCUT2D eigenvalue weighted by Crippen LogP contribution is -2.39. The van der Waals surface area contributed by atoms with Gasteiger partial charge in [-0.25, -0.2) is 8.42 Å². The van der Waals surface area contributed by atoms with Crippen molar-refractivity contribution >= 4 is 15.8 Å². The Bertz CT molecular complexity index is 792. The van der Waals surface area contributed by atoms with Crippen LogP contribution in [0, 0.1) is 12.8 Å². The highest BCUT2D eigenvalue weighted by Gasteiger charge is 2.47. The van der Waals surface area contributed by atoms with Crippen molar-refractivity contribution in [1.82, 2.24) is 4.31 Å². The highest BCUT2D eigenvalue weighted by molar-refractivity contribution is 7.89. The van der Waals surface area contributed by atoms with Gasteiger partial charge in [-0.2, -0.15) is 4.31 Å². The smallest absolute Gasteiger partial charge is 0.243 e. The molecule has 2 aliphatic carbocycles. The second kappa shape index (κ2) is 5.28. The summed E-state index contributed by atoms with van der Waals surface area (Å²) < 4.78 is 27.9. The van der Waals surface area contributed by atoms with Crippen LogP contribution in [-0.2, 0) is 14.8 Å². The zero-order valence-corrected chi connectivity index (χ0v) is 14.1. The van der Waals surface area contributed by atoms with Crippen molar-refractivity contribution in [2.75, 3.05) is 6.54 Å². The van der Waals surface area contributed by atoms with Gasteiger partial charge in [0, 0.05) is 19.0 Å². The molecule has 1 heterocycles. The normalized spacial score (nSPS) is 28.1. The van der Waals surface area contributed by atoms with Gasteiger partial charge in [-0.1, -0.05) is 17.7 Å². The van der Waals surface area contributed by atoms with Crippen molar-refractivity contribution in [2.24, 2.45) is 5.92 Å². The van der Waals surface area contributed by atoms with E-state index in [1.807, 2.05) is 19.1 Å². The van der Waals surface area contributed by atoms with Crippen LogP contribution in [0.15, 0.2) is 40.3 Å². The van der Waals surface area contributed by atoms with Gasteiger partial charge in [-0.3, -0.25) is 4.79 Å². The van der Waals surface area contributed by atoms with Gasteiger partial charge >= 0.3 is 0 Å². The van der Waals surface area contributed by atoms with Gasteiger partial charge in [0.25, 0.3) is 0 Å². The fourth-order valence-corrected chi connectivity index (χ4v) is 6.07. The van der Waals surface area contributed by atoms with Crippen molar-refractivity contribution < 1.29 is 13.2 Å². The Balaban J connectivity index is 1.76. The Morgan fingerprint density at radius 1 is 1.13 bits per heavy atom. The van der Waals surface area contributed by atoms with E-state index in [0.29, 0.717) is 17.9 Å². The molecule has 0 bridgehead atoms. The molecule has 122 valence electrons. The zero-order chi connectivity index (χ0) is 16.2. The van der Waals surface area contributed by atoms with E-state index in [1.165, 1.54) is 0 Å². The van der Waals surface area contributed by atoms with Crippen LogP contribution in [0.2, 0.25) is 0 Å². The van der Waals surface area contributed by atoms with Crippen molar-refractivity contribution in [3.8, 4) is 0 Å². The Morgan fingerprint density at radius 3 is 2.61 bits per heavy atom. The molecule has 1 aromatic carbocycles. The minimum absolute atomic E-state index is 0.102. The zero-order valence-electron chi connectivity index (χ0n) is 13.3. The third kappa shape index (κ3) is 2.29. The van der Waals surface area contributed by atoms with Gasteiger partial charge in [0.1, 0.15) is 0 Å². The highest BCUT2D eigenvalue weighted by atomic mass is 32.2. The number of carbonyl (C=O) groups excluding carboxylic acids is 1. The van der Waals surface area contributed by atoms with E-state index in [9.17, 15) is 13.2 Å². The SMILES string of the molecule is Cc1ccc(S(=O)(=O)N2CCCC3=C4[C@@H](CC[C@@H]42)CC3=O)cc1. The number of sulfonamides is 1. The first kappa shape index (κ1) is 15.1. The molecule has 1 saturated carbocycles. The Labute approximate surface area is 137 Å². The molecule has 0 amide bonds. The molecule has 0 saturated heterocycles. The summed E-state index contributed by atoms with van der Waals surface area (Å²) in [5.74, 6) is 0.542. The summed E-state index contributed by atoms with van der Waals surface area (Å²) in [6.07, 6.45) is 3.86. The van der Waals surface area contributed by atoms with Crippen LogP contribution < -0.4 is 0 Å². The lowest BCUT2D eigenvalue weighted by Gasteiger charge is -2.28. The fourth-order valence-electron chi connectivity index (χ4n) is 4.39. The van der Waals surface area contributed by atoms with Crippen molar-refractivity contribution in [3.63, 3.8) is 0 Å².